The van der Waals surface area contributed by atoms with Gasteiger partial charge in [0.2, 0.25) is 0 Å². The van der Waals surface area contributed by atoms with Crippen molar-refractivity contribution in [2.75, 3.05) is 0 Å². The minimum absolute atomic E-state index is 0.0446. The summed E-state index contributed by atoms with van der Waals surface area (Å²) >= 11 is 0. The molecule has 0 bridgehead atoms. The van der Waals surface area contributed by atoms with Crippen LogP contribution >= 0.6 is 0 Å². The van der Waals surface area contributed by atoms with E-state index < -0.39 is 22.7 Å². The number of benzene rings is 3. The van der Waals surface area contributed by atoms with Gasteiger partial charge in [-0.1, -0.05) is 42.0 Å². The van der Waals surface area contributed by atoms with Crippen molar-refractivity contribution in [3.05, 3.63) is 141 Å². The van der Waals surface area contributed by atoms with Crippen LogP contribution in [-0.2, 0) is 22.7 Å². The number of nitro benzene ring substituents is 1. The molecule has 1 aliphatic rings. The highest BCUT2D eigenvalue weighted by molar-refractivity contribution is 6.46. The second-order valence-electron chi connectivity index (χ2n) is 9.44. The number of likely N-dealkylation sites (tertiary alicyclic amines) is 1. The predicted molar refractivity (Wildman–Crippen MR) is 147 cm³/mol. The van der Waals surface area contributed by atoms with Gasteiger partial charge in [0.05, 0.1) is 16.5 Å². The molecular formula is C31H25N3O6. The van der Waals surface area contributed by atoms with Crippen LogP contribution in [0.3, 0.4) is 0 Å². The average molecular weight is 536 g/mol. The molecule has 1 saturated heterocycles. The standard InChI is InChI=1S/C31H25N3O6/c1-20-4-2-5-22(16-20)19-40-26-10-8-23(9-11-26)29(35)27-28(24-6-3-7-25(17-24)34(38)39)33(31(37)30(27)36)18-21-12-14-32-15-13-21/h2-17,28,35H,18-19H2,1H3/t28-/m1/s1. The Kier molecular flexibility index (Phi) is 7.37. The van der Waals surface area contributed by atoms with E-state index in [1.165, 1.54) is 23.1 Å². The van der Waals surface area contributed by atoms with Gasteiger partial charge in [-0.05, 0) is 60.0 Å². The molecule has 0 spiro atoms. The number of rotatable bonds is 8. The van der Waals surface area contributed by atoms with Crippen molar-refractivity contribution >= 4 is 23.1 Å². The predicted octanol–water partition coefficient (Wildman–Crippen LogP) is 5.50. The maximum Gasteiger partial charge on any atom is 0.295 e. The first-order valence-electron chi connectivity index (χ1n) is 12.5. The topological polar surface area (TPSA) is 123 Å². The van der Waals surface area contributed by atoms with E-state index >= 15 is 0 Å². The quantitative estimate of drug-likeness (QED) is 0.104. The zero-order valence-electron chi connectivity index (χ0n) is 21.6. The molecule has 0 radical (unpaired) electrons. The SMILES string of the molecule is Cc1cccc(COc2ccc(C(O)=C3C(=O)C(=O)N(Cc4ccncc4)[C@@H]3c3cccc([N+](=O)[O-])c3)cc2)c1. The number of aliphatic hydroxyl groups excluding tert-OH is 1. The van der Waals surface area contributed by atoms with E-state index in [4.69, 9.17) is 4.74 Å². The number of hydrogen-bond donors (Lipinski definition) is 1. The van der Waals surface area contributed by atoms with E-state index in [0.717, 1.165) is 11.1 Å². The molecule has 40 heavy (non-hydrogen) atoms. The molecule has 0 aliphatic carbocycles. The fraction of sp³-hybridized carbons (Fsp3) is 0.129. The molecule has 1 aliphatic heterocycles. The number of carbonyl (C=O) groups excluding carboxylic acids is 2. The Hall–Kier alpha value is -5.31. The number of aromatic nitrogens is 1. The zero-order valence-corrected chi connectivity index (χ0v) is 21.6. The number of aryl methyl sites for hydroxylation is 1. The van der Waals surface area contributed by atoms with Crippen LogP contribution in [0.4, 0.5) is 5.69 Å². The third-order valence-corrected chi connectivity index (χ3v) is 6.65. The van der Waals surface area contributed by atoms with E-state index in [9.17, 15) is 24.8 Å². The van der Waals surface area contributed by atoms with Crippen LogP contribution in [-0.4, -0.2) is 31.6 Å². The van der Waals surface area contributed by atoms with Gasteiger partial charge in [0.25, 0.3) is 17.4 Å². The van der Waals surface area contributed by atoms with Crippen LogP contribution in [0.5, 0.6) is 5.75 Å². The normalized spacial score (nSPS) is 16.2. The minimum atomic E-state index is -1.04. The molecule has 200 valence electrons. The largest absolute Gasteiger partial charge is 0.507 e. The zero-order chi connectivity index (χ0) is 28.2. The number of nitro groups is 1. The summed E-state index contributed by atoms with van der Waals surface area (Å²) in [5.41, 5.74) is 3.15. The molecular weight excluding hydrogens is 510 g/mol. The van der Waals surface area contributed by atoms with Gasteiger partial charge >= 0.3 is 0 Å². The molecule has 0 unspecified atom stereocenters. The summed E-state index contributed by atoms with van der Waals surface area (Å²) in [6.45, 7) is 2.41. The summed E-state index contributed by atoms with van der Waals surface area (Å²) in [4.78, 5) is 42.7. The van der Waals surface area contributed by atoms with Gasteiger partial charge in [-0.15, -0.1) is 0 Å². The fourth-order valence-electron chi connectivity index (χ4n) is 4.72. The highest BCUT2D eigenvalue weighted by atomic mass is 16.6. The number of ketones is 1. The van der Waals surface area contributed by atoms with E-state index in [0.29, 0.717) is 29.0 Å². The number of nitrogens with zero attached hydrogens (tertiary/aromatic N) is 3. The van der Waals surface area contributed by atoms with E-state index in [1.54, 1.807) is 54.9 Å². The molecule has 4 aromatic rings. The van der Waals surface area contributed by atoms with E-state index in [2.05, 4.69) is 4.98 Å². The van der Waals surface area contributed by atoms with Gasteiger partial charge < -0.3 is 14.7 Å². The molecule has 1 N–H and O–H groups in total. The first-order valence-corrected chi connectivity index (χ1v) is 12.5. The molecule has 5 rings (SSSR count). The van der Waals surface area contributed by atoms with Crippen LogP contribution in [0.15, 0.2) is 103 Å². The molecule has 9 nitrogen and oxygen atoms in total. The monoisotopic (exact) mass is 535 g/mol. The Morgan fingerprint density at radius 3 is 2.40 bits per heavy atom. The second-order valence-corrected chi connectivity index (χ2v) is 9.44. The fourth-order valence-corrected chi connectivity index (χ4v) is 4.72. The minimum Gasteiger partial charge on any atom is -0.507 e. The van der Waals surface area contributed by atoms with Crippen molar-refractivity contribution < 1.29 is 24.4 Å². The number of carbonyl (C=O) groups is 2. The van der Waals surface area contributed by atoms with Crippen LogP contribution in [0.2, 0.25) is 0 Å². The molecule has 1 amide bonds. The van der Waals surface area contributed by atoms with E-state index in [-0.39, 0.29) is 23.6 Å². The summed E-state index contributed by atoms with van der Waals surface area (Å²) in [6.07, 6.45) is 3.13. The Labute approximate surface area is 230 Å². The molecule has 9 heteroatoms. The number of pyridine rings is 1. The van der Waals surface area contributed by atoms with Crippen LogP contribution in [0, 0.1) is 17.0 Å². The lowest BCUT2D eigenvalue weighted by atomic mass is 9.95. The van der Waals surface area contributed by atoms with Gasteiger partial charge in [-0.25, -0.2) is 0 Å². The molecule has 3 aromatic carbocycles. The number of amides is 1. The Morgan fingerprint density at radius 2 is 1.70 bits per heavy atom. The molecule has 1 atom stereocenters. The van der Waals surface area contributed by atoms with Gasteiger partial charge in [0.15, 0.2) is 0 Å². The third-order valence-electron chi connectivity index (χ3n) is 6.65. The number of aliphatic hydroxyl groups is 1. The highest BCUT2D eigenvalue weighted by Gasteiger charge is 2.46. The maximum absolute atomic E-state index is 13.3. The second kappa shape index (κ2) is 11.2. The summed E-state index contributed by atoms with van der Waals surface area (Å²) in [5, 5.41) is 22.8. The lowest BCUT2D eigenvalue weighted by Gasteiger charge is -2.25. The van der Waals surface area contributed by atoms with Crippen LogP contribution in [0.25, 0.3) is 5.76 Å². The van der Waals surface area contributed by atoms with Crippen LogP contribution in [0.1, 0.15) is 33.9 Å². The van der Waals surface area contributed by atoms with Gasteiger partial charge in [0.1, 0.15) is 18.1 Å². The Morgan fingerprint density at radius 1 is 0.975 bits per heavy atom. The average Bonchev–Trinajstić information content (AvgIpc) is 3.21. The number of hydrogen-bond acceptors (Lipinski definition) is 7. The summed E-state index contributed by atoms with van der Waals surface area (Å²) < 4.78 is 5.86. The summed E-state index contributed by atoms with van der Waals surface area (Å²) in [6, 6.07) is 22.6. The molecule has 1 aromatic heterocycles. The lowest BCUT2D eigenvalue weighted by molar-refractivity contribution is -0.384. The van der Waals surface area contributed by atoms with Crippen molar-refractivity contribution in [1.82, 2.24) is 9.88 Å². The van der Waals surface area contributed by atoms with Crippen molar-refractivity contribution in [3.63, 3.8) is 0 Å². The smallest absolute Gasteiger partial charge is 0.295 e. The van der Waals surface area contributed by atoms with Crippen LogP contribution < -0.4 is 4.74 Å². The summed E-state index contributed by atoms with van der Waals surface area (Å²) in [7, 11) is 0. The van der Waals surface area contributed by atoms with Crippen molar-refractivity contribution in [2.45, 2.75) is 26.1 Å². The number of non-ortho nitro benzene ring substituents is 1. The molecule has 1 fully saturated rings. The summed E-state index contributed by atoms with van der Waals surface area (Å²) in [5.74, 6) is -1.50. The molecule has 0 saturated carbocycles. The molecule has 2 heterocycles. The lowest BCUT2D eigenvalue weighted by Crippen LogP contribution is -2.29. The van der Waals surface area contributed by atoms with Gasteiger partial charge in [-0.3, -0.25) is 24.7 Å². The van der Waals surface area contributed by atoms with Crippen molar-refractivity contribution in [3.8, 4) is 5.75 Å². The van der Waals surface area contributed by atoms with Crippen molar-refractivity contribution in [1.29, 1.82) is 0 Å². The Balaban J connectivity index is 1.50. The number of Topliss-reactive ketones (excluding diaryl/α,β-unsaturated/α-hetero) is 1. The third kappa shape index (κ3) is 5.44. The van der Waals surface area contributed by atoms with Crippen molar-refractivity contribution in [2.24, 2.45) is 0 Å². The first kappa shape index (κ1) is 26.3. The van der Waals surface area contributed by atoms with Gasteiger partial charge in [0, 0.05) is 36.6 Å². The van der Waals surface area contributed by atoms with E-state index in [1.807, 2.05) is 31.2 Å². The van der Waals surface area contributed by atoms with Gasteiger partial charge in [-0.2, -0.15) is 0 Å². The Bertz CT molecular complexity index is 1620. The first-order chi connectivity index (χ1) is 19.3. The maximum atomic E-state index is 13.3. The number of ether oxygens (including phenoxy) is 1. The highest BCUT2D eigenvalue weighted by Crippen LogP contribution is 2.41.